The zero-order chi connectivity index (χ0) is 10.7. The minimum absolute atomic E-state index is 0.672. The van der Waals surface area contributed by atoms with Crippen LogP contribution in [0.2, 0.25) is 0 Å². The number of hydrogen-bond donors (Lipinski definition) is 2. The van der Waals surface area contributed by atoms with Gasteiger partial charge in [0, 0.05) is 11.8 Å². The second kappa shape index (κ2) is 4.11. The van der Waals surface area contributed by atoms with Gasteiger partial charge in [-0.15, -0.1) is 0 Å². The van der Waals surface area contributed by atoms with Crippen LogP contribution >= 0.6 is 0 Å². The van der Waals surface area contributed by atoms with Crippen molar-refractivity contribution in [2.24, 2.45) is 5.84 Å². The van der Waals surface area contributed by atoms with Gasteiger partial charge in [-0.2, -0.15) is 0 Å². The topological polar surface area (TPSA) is 50.9 Å². The molecular formula is C12H13N3. The Morgan fingerprint density at radius 3 is 2.20 bits per heavy atom. The monoisotopic (exact) mass is 199 g/mol. The van der Waals surface area contributed by atoms with Gasteiger partial charge in [0.1, 0.15) is 5.82 Å². The zero-order valence-electron chi connectivity index (χ0n) is 8.57. The van der Waals surface area contributed by atoms with Crippen LogP contribution in [-0.2, 0) is 0 Å². The van der Waals surface area contributed by atoms with Crippen molar-refractivity contribution in [3.05, 3.63) is 48.2 Å². The molecule has 0 saturated heterocycles. The van der Waals surface area contributed by atoms with Crippen LogP contribution in [-0.4, -0.2) is 4.98 Å². The van der Waals surface area contributed by atoms with E-state index in [1.807, 2.05) is 12.1 Å². The summed E-state index contributed by atoms with van der Waals surface area (Å²) in [5.41, 5.74) is 6.02. The molecule has 2 aromatic rings. The number of hydrazine groups is 1. The zero-order valence-corrected chi connectivity index (χ0v) is 8.57. The van der Waals surface area contributed by atoms with Crippen LogP contribution in [0.5, 0.6) is 0 Å². The Bertz CT molecular complexity index is 431. The molecule has 0 aliphatic carbocycles. The third-order valence-corrected chi connectivity index (χ3v) is 2.30. The summed E-state index contributed by atoms with van der Waals surface area (Å²) in [7, 11) is 0. The van der Waals surface area contributed by atoms with E-state index in [9.17, 15) is 0 Å². The smallest absolute Gasteiger partial charge is 0.139 e. The Kier molecular flexibility index (Phi) is 2.65. The molecule has 0 atom stereocenters. The Morgan fingerprint density at radius 2 is 1.67 bits per heavy atom. The average molecular weight is 199 g/mol. The molecule has 2 rings (SSSR count). The third-order valence-electron chi connectivity index (χ3n) is 2.30. The molecule has 0 radical (unpaired) electrons. The predicted molar refractivity (Wildman–Crippen MR) is 62.2 cm³/mol. The van der Waals surface area contributed by atoms with Crippen molar-refractivity contribution in [3.8, 4) is 11.1 Å². The Labute approximate surface area is 88.9 Å². The molecule has 1 heterocycles. The molecule has 76 valence electrons. The van der Waals surface area contributed by atoms with Crippen LogP contribution in [0.3, 0.4) is 0 Å². The molecule has 0 aliphatic rings. The molecule has 0 fully saturated rings. The van der Waals surface area contributed by atoms with E-state index in [2.05, 4.69) is 41.6 Å². The van der Waals surface area contributed by atoms with Crippen LogP contribution in [0, 0.1) is 6.92 Å². The summed E-state index contributed by atoms with van der Waals surface area (Å²) in [5.74, 6) is 5.92. The molecule has 3 nitrogen and oxygen atoms in total. The van der Waals surface area contributed by atoms with Gasteiger partial charge in [0.25, 0.3) is 0 Å². The average Bonchev–Trinajstić information content (AvgIpc) is 2.30. The lowest BCUT2D eigenvalue weighted by Crippen LogP contribution is -2.07. The van der Waals surface area contributed by atoms with E-state index in [1.54, 1.807) is 6.20 Å². The number of hydrogen-bond acceptors (Lipinski definition) is 3. The van der Waals surface area contributed by atoms with Gasteiger partial charge in [0.05, 0.1) is 0 Å². The molecular weight excluding hydrogens is 186 g/mol. The van der Waals surface area contributed by atoms with Crippen LogP contribution in [0.1, 0.15) is 5.56 Å². The van der Waals surface area contributed by atoms with Gasteiger partial charge in [0.15, 0.2) is 0 Å². The van der Waals surface area contributed by atoms with Crippen LogP contribution in [0.25, 0.3) is 11.1 Å². The fourth-order valence-electron chi connectivity index (χ4n) is 1.40. The van der Waals surface area contributed by atoms with Crippen molar-refractivity contribution in [2.75, 3.05) is 5.43 Å². The number of pyridine rings is 1. The number of nitrogens with one attached hydrogen (secondary N) is 1. The fraction of sp³-hybridized carbons (Fsp3) is 0.0833. The normalized spacial score (nSPS) is 10.0. The summed E-state index contributed by atoms with van der Waals surface area (Å²) < 4.78 is 0. The van der Waals surface area contributed by atoms with Crippen molar-refractivity contribution >= 4 is 5.82 Å². The highest BCUT2D eigenvalue weighted by atomic mass is 15.2. The van der Waals surface area contributed by atoms with Gasteiger partial charge in [-0.1, -0.05) is 29.8 Å². The number of nitrogens with two attached hydrogens (primary N) is 1. The van der Waals surface area contributed by atoms with Gasteiger partial charge < -0.3 is 5.43 Å². The van der Waals surface area contributed by atoms with Crippen molar-refractivity contribution in [1.29, 1.82) is 0 Å². The number of anilines is 1. The second-order valence-corrected chi connectivity index (χ2v) is 3.44. The highest BCUT2D eigenvalue weighted by Crippen LogP contribution is 2.19. The molecule has 1 aromatic heterocycles. The van der Waals surface area contributed by atoms with Gasteiger partial charge >= 0.3 is 0 Å². The van der Waals surface area contributed by atoms with E-state index < -0.39 is 0 Å². The number of nitrogen functional groups attached to an aromatic ring is 1. The highest BCUT2D eigenvalue weighted by molar-refractivity contribution is 5.63. The molecule has 0 spiro atoms. The molecule has 0 aliphatic heterocycles. The van der Waals surface area contributed by atoms with Crippen LogP contribution in [0.15, 0.2) is 42.6 Å². The first-order chi connectivity index (χ1) is 7.29. The molecule has 0 amide bonds. The summed E-state index contributed by atoms with van der Waals surface area (Å²) in [5, 5.41) is 0. The van der Waals surface area contributed by atoms with E-state index in [0.29, 0.717) is 5.82 Å². The van der Waals surface area contributed by atoms with E-state index in [4.69, 9.17) is 5.84 Å². The Balaban J connectivity index is 2.33. The molecule has 0 unspecified atom stereocenters. The summed E-state index contributed by atoms with van der Waals surface area (Å²) in [4.78, 5) is 4.16. The minimum atomic E-state index is 0.672. The van der Waals surface area contributed by atoms with E-state index in [-0.39, 0.29) is 0 Å². The molecule has 15 heavy (non-hydrogen) atoms. The fourth-order valence-corrected chi connectivity index (χ4v) is 1.40. The Morgan fingerprint density at radius 1 is 1.00 bits per heavy atom. The minimum Gasteiger partial charge on any atom is -0.308 e. The maximum atomic E-state index is 5.25. The Hall–Kier alpha value is -1.87. The molecule has 3 N–H and O–H groups in total. The van der Waals surface area contributed by atoms with E-state index in [1.165, 1.54) is 5.56 Å². The van der Waals surface area contributed by atoms with Crippen LogP contribution in [0.4, 0.5) is 5.82 Å². The standard InChI is InChI=1S/C12H13N3/c1-9-2-4-10(5-3-9)11-6-7-12(15-13)14-8-11/h2-8H,13H2,1H3,(H,14,15). The number of aryl methyl sites for hydroxylation is 1. The lowest BCUT2D eigenvalue weighted by molar-refractivity contribution is 1.23. The number of nitrogens with zero attached hydrogens (tertiary/aromatic N) is 1. The highest BCUT2D eigenvalue weighted by Gasteiger charge is 1.97. The summed E-state index contributed by atoms with van der Waals surface area (Å²) in [6.45, 7) is 2.07. The first-order valence-corrected chi connectivity index (χ1v) is 4.79. The first kappa shape index (κ1) is 9.68. The SMILES string of the molecule is Cc1ccc(-c2ccc(NN)nc2)cc1. The molecule has 1 aromatic carbocycles. The quantitative estimate of drug-likeness (QED) is 0.576. The first-order valence-electron chi connectivity index (χ1n) is 4.79. The lowest BCUT2D eigenvalue weighted by Gasteiger charge is -2.03. The lowest BCUT2D eigenvalue weighted by atomic mass is 10.1. The summed E-state index contributed by atoms with van der Waals surface area (Å²) in [6.07, 6.45) is 1.81. The number of benzene rings is 1. The molecule has 0 saturated carbocycles. The van der Waals surface area contributed by atoms with E-state index >= 15 is 0 Å². The number of rotatable bonds is 2. The van der Waals surface area contributed by atoms with E-state index in [0.717, 1.165) is 11.1 Å². The molecule has 0 bridgehead atoms. The van der Waals surface area contributed by atoms with Gasteiger partial charge in [-0.25, -0.2) is 10.8 Å². The molecule has 3 heteroatoms. The van der Waals surface area contributed by atoms with Crippen LogP contribution < -0.4 is 11.3 Å². The third kappa shape index (κ3) is 2.14. The maximum absolute atomic E-state index is 5.25. The second-order valence-electron chi connectivity index (χ2n) is 3.44. The van der Waals surface area contributed by atoms with Crippen molar-refractivity contribution in [1.82, 2.24) is 4.98 Å². The summed E-state index contributed by atoms with van der Waals surface area (Å²) in [6, 6.07) is 12.2. The number of aromatic nitrogens is 1. The summed E-state index contributed by atoms with van der Waals surface area (Å²) >= 11 is 0. The van der Waals surface area contributed by atoms with Crippen molar-refractivity contribution in [3.63, 3.8) is 0 Å². The van der Waals surface area contributed by atoms with Gasteiger partial charge in [-0.3, -0.25) is 0 Å². The van der Waals surface area contributed by atoms with Crippen molar-refractivity contribution in [2.45, 2.75) is 6.92 Å². The van der Waals surface area contributed by atoms with Gasteiger partial charge in [-0.05, 0) is 24.6 Å². The van der Waals surface area contributed by atoms with Gasteiger partial charge in [0.2, 0.25) is 0 Å². The predicted octanol–water partition coefficient (Wildman–Crippen LogP) is 2.34. The van der Waals surface area contributed by atoms with Crippen molar-refractivity contribution < 1.29 is 0 Å². The largest absolute Gasteiger partial charge is 0.308 e. The maximum Gasteiger partial charge on any atom is 0.139 e.